The number of aryl methyl sites for hydroxylation is 2. The third-order valence-electron chi connectivity index (χ3n) is 3.29. The van der Waals surface area contributed by atoms with Crippen LogP contribution in [0.15, 0.2) is 30.3 Å². The van der Waals surface area contributed by atoms with Gasteiger partial charge in [-0.05, 0) is 19.4 Å². The van der Waals surface area contributed by atoms with E-state index in [4.69, 9.17) is 0 Å². The van der Waals surface area contributed by atoms with Gasteiger partial charge in [-0.25, -0.2) is 9.78 Å². The van der Waals surface area contributed by atoms with E-state index in [-0.39, 0.29) is 12.6 Å². The standard InChI is InChI=1S/C16H21N3O2S/c1-11-12(2)22-15(19-11)10-18-16(21)17-9-14(20)8-13-6-4-3-5-7-13/h3-7,14,20H,8-10H2,1-2H3,(H2,17,18,21). The zero-order valence-corrected chi connectivity index (χ0v) is 13.6. The summed E-state index contributed by atoms with van der Waals surface area (Å²) in [6.07, 6.45) is -0.0797. The number of nitrogens with one attached hydrogen (secondary N) is 2. The van der Waals surface area contributed by atoms with Gasteiger partial charge in [0, 0.05) is 17.8 Å². The van der Waals surface area contributed by atoms with Crippen LogP contribution in [0, 0.1) is 13.8 Å². The molecule has 2 rings (SSSR count). The molecular formula is C16H21N3O2S. The van der Waals surface area contributed by atoms with Gasteiger partial charge in [-0.2, -0.15) is 0 Å². The maximum absolute atomic E-state index is 11.7. The summed E-state index contributed by atoms with van der Waals surface area (Å²) in [5.74, 6) is 0. The molecule has 2 amide bonds. The van der Waals surface area contributed by atoms with Crippen LogP contribution in [0.25, 0.3) is 0 Å². The Labute approximate surface area is 134 Å². The van der Waals surface area contributed by atoms with Crippen LogP contribution in [0.1, 0.15) is 21.1 Å². The number of carbonyl (C=O) groups excluding carboxylic acids is 1. The zero-order chi connectivity index (χ0) is 15.9. The SMILES string of the molecule is Cc1nc(CNC(=O)NCC(O)Cc2ccccc2)sc1C. The van der Waals surface area contributed by atoms with Crippen molar-refractivity contribution in [3.63, 3.8) is 0 Å². The van der Waals surface area contributed by atoms with Crippen LogP contribution in [0.2, 0.25) is 0 Å². The number of hydrogen-bond donors (Lipinski definition) is 3. The van der Waals surface area contributed by atoms with E-state index in [1.165, 1.54) is 0 Å². The average Bonchev–Trinajstić information content (AvgIpc) is 2.83. The van der Waals surface area contributed by atoms with Crippen LogP contribution in [0.3, 0.4) is 0 Å². The Balaban J connectivity index is 1.69. The third-order valence-corrected chi connectivity index (χ3v) is 4.36. The van der Waals surface area contributed by atoms with Gasteiger partial charge in [0.1, 0.15) is 5.01 Å². The number of benzene rings is 1. The van der Waals surface area contributed by atoms with E-state index in [2.05, 4.69) is 15.6 Å². The molecule has 0 aliphatic heterocycles. The van der Waals surface area contributed by atoms with Gasteiger partial charge in [-0.3, -0.25) is 0 Å². The average molecular weight is 319 g/mol. The van der Waals surface area contributed by atoms with Crippen molar-refractivity contribution in [2.75, 3.05) is 6.54 Å². The minimum absolute atomic E-state index is 0.219. The number of nitrogens with zero attached hydrogens (tertiary/aromatic N) is 1. The fourth-order valence-electron chi connectivity index (χ4n) is 2.00. The molecule has 0 radical (unpaired) electrons. The van der Waals surface area contributed by atoms with Gasteiger partial charge in [0.25, 0.3) is 0 Å². The van der Waals surface area contributed by atoms with E-state index >= 15 is 0 Å². The molecule has 0 spiro atoms. The van der Waals surface area contributed by atoms with E-state index in [9.17, 15) is 9.90 Å². The monoisotopic (exact) mass is 319 g/mol. The first-order valence-corrected chi connectivity index (χ1v) is 8.03. The number of aromatic nitrogens is 1. The first kappa shape index (κ1) is 16.5. The summed E-state index contributed by atoms with van der Waals surface area (Å²) in [6.45, 7) is 4.59. The summed E-state index contributed by atoms with van der Waals surface area (Å²) >= 11 is 1.58. The predicted octanol–water partition coefficient (Wildman–Crippen LogP) is 2.16. The highest BCUT2D eigenvalue weighted by atomic mass is 32.1. The molecule has 0 aliphatic carbocycles. The quantitative estimate of drug-likeness (QED) is 0.764. The van der Waals surface area contributed by atoms with Crippen molar-refractivity contribution in [3.05, 3.63) is 51.5 Å². The molecule has 0 saturated carbocycles. The number of amides is 2. The van der Waals surface area contributed by atoms with Gasteiger partial charge < -0.3 is 15.7 Å². The molecule has 1 unspecified atom stereocenters. The molecule has 2 aromatic rings. The molecule has 0 bridgehead atoms. The topological polar surface area (TPSA) is 74.2 Å². The molecular weight excluding hydrogens is 298 g/mol. The van der Waals surface area contributed by atoms with Crippen LogP contribution in [-0.2, 0) is 13.0 Å². The number of aliphatic hydroxyl groups excluding tert-OH is 1. The highest BCUT2D eigenvalue weighted by Crippen LogP contribution is 2.15. The highest BCUT2D eigenvalue weighted by molar-refractivity contribution is 7.11. The Morgan fingerprint density at radius 2 is 2.00 bits per heavy atom. The smallest absolute Gasteiger partial charge is 0.315 e. The molecule has 22 heavy (non-hydrogen) atoms. The van der Waals surface area contributed by atoms with E-state index in [0.29, 0.717) is 13.0 Å². The van der Waals surface area contributed by atoms with Crippen LogP contribution in [0.4, 0.5) is 4.79 Å². The second-order valence-corrected chi connectivity index (χ2v) is 6.44. The molecule has 6 heteroatoms. The van der Waals surface area contributed by atoms with Gasteiger partial charge >= 0.3 is 6.03 Å². The Kier molecular flexibility index (Phi) is 5.91. The molecule has 5 nitrogen and oxygen atoms in total. The summed E-state index contributed by atoms with van der Waals surface area (Å²) in [5, 5.41) is 16.2. The number of thiazole rings is 1. The Hall–Kier alpha value is -1.92. The van der Waals surface area contributed by atoms with Crippen molar-refractivity contribution < 1.29 is 9.90 Å². The number of carbonyl (C=O) groups is 1. The highest BCUT2D eigenvalue weighted by Gasteiger charge is 2.09. The number of rotatable bonds is 6. The van der Waals surface area contributed by atoms with Crippen molar-refractivity contribution in [2.24, 2.45) is 0 Å². The predicted molar refractivity (Wildman–Crippen MR) is 88.0 cm³/mol. The Morgan fingerprint density at radius 3 is 2.64 bits per heavy atom. The first-order valence-electron chi connectivity index (χ1n) is 7.21. The van der Waals surface area contributed by atoms with Gasteiger partial charge in [-0.1, -0.05) is 30.3 Å². The van der Waals surface area contributed by atoms with E-state index in [1.807, 2.05) is 44.2 Å². The zero-order valence-electron chi connectivity index (χ0n) is 12.8. The summed E-state index contributed by atoms with van der Waals surface area (Å²) < 4.78 is 0. The lowest BCUT2D eigenvalue weighted by atomic mass is 10.1. The molecule has 0 fully saturated rings. The lowest BCUT2D eigenvalue weighted by Gasteiger charge is -2.12. The Bertz CT molecular complexity index is 594. The van der Waals surface area contributed by atoms with Gasteiger partial charge in [0.05, 0.1) is 18.3 Å². The number of hydrogen-bond acceptors (Lipinski definition) is 4. The van der Waals surface area contributed by atoms with Gasteiger partial charge in [0.2, 0.25) is 0 Å². The minimum atomic E-state index is -0.600. The minimum Gasteiger partial charge on any atom is -0.391 e. The molecule has 118 valence electrons. The molecule has 1 aromatic heterocycles. The maximum atomic E-state index is 11.7. The normalized spacial score (nSPS) is 12.0. The molecule has 1 heterocycles. The van der Waals surface area contributed by atoms with Crippen molar-refractivity contribution in [1.29, 1.82) is 0 Å². The Morgan fingerprint density at radius 1 is 1.27 bits per heavy atom. The molecule has 0 saturated heterocycles. The van der Waals surface area contributed by atoms with Crippen LogP contribution in [0.5, 0.6) is 0 Å². The first-order chi connectivity index (χ1) is 10.5. The van der Waals surface area contributed by atoms with Gasteiger partial charge in [-0.15, -0.1) is 11.3 Å². The fraction of sp³-hybridized carbons (Fsp3) is 0.375. The van der Waals surface area contributed by atoms with Crippen LogP contribution >= 0.6 is 11.3 Å². The largest absolute Gasteiger partial charge is 0.391 e. The van der Waals surface area contributed by atoms with E-state index < -0.39 is 6.10 Å². The second kappa shape index (κ2) is 7.91. The van der Waals surface area contributed by atoms with Crippen molar-refractivity contribution in [3.8, 4) is 0 Å². The van der Waals surface area contributed by atoms with Gasteiger partial charge in [0.15, 0.2) is 0 Å². The maximum Gasteiger partial charge on any atom is 0.315 e. The third kappa shape index (κ3) is 5.13. The fourth-order valence-corrected chi connectivity index (χ4v) is 2.88. The number of aliphatic hydroxyl groups is 1. The second-order valence-electron chi connectivity index (χ2n) is 5.16. The molecule has 3 N–H and O–H groups in total. The van der Waals surface area contributed by atoms with Crippen LogP contribution in [-0.4, -0.2) is 28.8 Å². The van der Waals surface area contributed by atoms with E-state index in [0.717, 1.165) is 21.1 Å². The lowest BCUT2D eigenvalue weighted by Crippen LogP contribution is -2.39. The van der Waals surface area contributed by atoms with E-state index in [1.54, 1.807) is 11.3 Å². The molecule has 1 aromatic carbocycles. The van der Waals surface area contributed by atoms with Crippen molar-refractivity contribution >= 4 is 17.4 Å². The summed E-state index contributed by atoms with van der Waals surface area (Å²) in [5.41, 5.74) is 2.05. The molecule has 1 atom stereocenters. The van der Waals surface area contributed by atoms with Crippen molar-refractivity contribution in [2.45, 2.75) is 32.9 Å². The molecule has 0 aliphatic rings. The number of urea groups is 1. The summed E-state index contributed by atoms with van der Waals surface area (Å²) in [6, 6.07) is 9.41. The van der Waals surface area contributed by atoms with Crippen molar-refractivity contribution in [1.82, 2.24) is 15.6 Å². The van der Waals surface area contributed by atoms with Crippen LogP contribution < -0.4 is 10.6 Å². The lowest BCUT2D eigenvalue weighted by molar-refractivity contribution is 0.170. The summed E-state index contributed by atoms with van der Waals surface area (Å²) in [4.78, 5) is 17.2. The summed E-state index contributed by atoms with van der Waals surface area (Å²) in [7, 11) is 0.